The molecule has 104 valence electrons. The number of benzene rings is 1. The van der Waals surface area contributed by atoms with Crippen LogP contribution in [0, 0.1) is 12.7 Å². The van der Waals surface area contributed by atoms with Crippen LogP contribution in [0.4, 0.5) is 10.1 Å². The molecular formula is C13H17FN2O2S. The van der Waals surface area contributed by atoms with E-state index in [2.05, 4.69) is 15.4 Å². The van der Waals surface area contributed by atoms with Crippen LogP contribution in [0.5, 0.6) is 0 Å². The van der Waals surface area contributed by atoms with Crippen LogP contribution in [0.1, 0.15) is 18.4 Å². The van der Waals surface area contributed by atoms with E-state index in [0.29, 0.717) is 35.7 Å². The highest BCUT2D eigenvalue weighted by atomic mass is 32.1. The average Bonchev–Trinajstić information content (AvgIpc) is 2.38. The van der Waals surface area contributed by atoms with Gasteiger partial charge in [-0.05, 0) is 43.3 Å². The zero-order chi connectivity index (χ0) is 14.3. The van der Waals surface area contributed by atoms with Crippen LogP contribution < -0.4 is 10.6 Å². The Hall–Kier alpha value is -1.69. The Morgan fingerprint density at radius 3 is 2.84 bits per heavy atom. The van der Waals surface area contributed by atoms with Crippen LogP contribution in [0.3, 0.4) is 0 Å². The fourth-order valence-corrected chi connectivity index (χ4v) is 1.60. The third-order valence-corrected chi connectivity index (χ3v) is 2.75. The van der Waals surface area contributed by atoms with Gasteiger partial charge in [-0.1, -0.05) is 6.07 Å². The lowest BCUT2D eigenvalue weighted by molar-refractivity contribution is -0.140. The maximum absolute atomic E-state index is 13.3. The molecule has 19 heavy (non-hydrogen) atoms. The van der Waals surface area contributed by atoms with Gasteiger partial charge in [-0.2, -0.15) is 0 Å². The highest BCUT2D eigenvalue weighted by Gasteiger charge is 2.02. The van der Waals surface area contributed by atoms with Gasteiger partial charge in [-0.25, -0.2) is 4.39 Å². The topological polar surface area (TPSA) is 50.4 Å². The van der Waals surface area contributed by atoms with Crippen LogP contribution in [0.15, 0.2) is 18.2 Å². The number of hydrogen-bond acceptors (Lipinski definition) is 3. The largest absolute Gasteiger partial charge is 0.469 e. The van der Waals surface area contributed by atoms with Gasteiger partial charge < -0.3 is 15.4 Å². The van der Waals surface area contributed by atoms with Gasteiger partial charge in [-0.3, -0.25) is 4.79 Å². The number of ether oxygens (including phenoxy) is 1. The molecule has 0 saturated heterocycles. The SMILES string of the molecule is COC(=O)CCCNC(=S)Nc1ccc(C)c(F)c1. The minimum atomic E-state index is -0.279. The molecule has 1 aromatic carbocycles. The van der Waals surface area contributed by atoms with E-state index in [1.165, 1.54) is 13.2 Å². The number of carbonyl (C=O) groups excluding carboxylic acids is 1. The summed E-state index contributed by atoms with van der Waals surface area (Å²) in [4.78, 5) is 10.9. The van der Waals surface area contributed by atoms with E-state index in [-0.39, 0.29) is 11.8 Å². The zero-order valence-electron chi connectivity index (χ0n) is 11.0. The summed E-state index contributed by atoms with van der Waals surface area (Å²) in [6.07, 6.45) is 0.960. The quantitative estimate of drug-likeness (QED) is 0.494. The van der Waals surface area contributed by atoms with E-state index in [4.69, 9.17) is 12.2 Å². The predicted octanol–water partition coefficient (Wildman–Crippen LogP) is 2.37. The summed E-state index contributed by atoms with van der Waals surface area (Å²) >= 11 is 5.06. The van der Waals surface area contributed by atoms with Crippen molar-refractivity contribution in [2.45, 2.75) is 19.8 Å². The van der Waals surface area contributed by atoms with Gasteiger partial charge in [-0.15, -0.1) is 0 Å². The second-order valence-corrected chi connectivity index (χ2v) is 4.43. The van der Waals surface area contributed by atoms with Crippen molar-refractivity contribution in [2.75, 3.05) is 19.0 Å². The first kappa shape index (κ1) is 15.4. The van der Waals surface area contributed by atoms with Crippen molar-refractivity contribution >= 4 is 29.0 Å². The van der Waals surface area contributed by atoms with E-state index in [1.807, 2.05) is 0 Å². The summed E-state index contributed by atoms with van der Waals surface area (Å²) in [5, 5.41) is 6.21. The van der Waals surface area contributed by atoms with Crippen molar-refractivity contribution in [1.82, 2.24) is 5.32 Å². The Balaban J connectivity index is 2.31. The molecule has 0 amide bonds. The molecule has 0 aromatic heterocycles. The Labute approximate surface area is 117 Å². The van der Waals surface area contributed by atoms with Gasteiger partial charge in [0.25, 0.3) is 0 Å². The molecule has 0 fully saturated rings. The average molecular weight is 284 g/mol. The molecule has 0 bridgehead atoms. The fourth-order valence-electron chi connectivity index (χ4n) is 1.38. The van der Waals surface area contributed by atoms with Crippen molar-refractivity contribution in [3.05, 3.63) is 29.6 Å². The molecule has 0 aliphatic rings. The number of thiocarbonyl (C=S) groups is 1. The number of hydrogen-bond donors (Lipinski definition) is 2. The number of esters is 1. The van der Waals surface area contributed by atoms with Gasteiger partial charge >= 0.3 is 5.97 Å². The molecule has 0 aliphatic carbocycles. The van der Waals surface area contributed by atoms with E-state index in [9.17, 15) is 9.18 Å². The number of aryl methyl sites for hydroxylation is 1. The van der Waals surface area contributed by atoms with Crippen LogP contribution in [0.25, 0.3) is 0 Å². The molecule has 0 saturated carbocycles. The Kier molecular flexibility index (Phi) is 6.21. The van der Waals surface area contributed by atoms with Gasteiger partial charge in [0.1, 0.15) is 5.82 Å². The summed E-state index contributed by atoms with van der Waals surface area (Å²) in [5.74, 6) is -0.528. The smallest absolute Gasteiger partial charge is 0.305 e. The van der Waals surface area contributed by atoms with E-state index < -0.39 is 0 Å². The summed E-state index contributed by atoms with van der Waals surface area (Å²) < 4.78 is 17.8. The van der Waals surface area contributed by atoms with Gasteiger partial charge in [0.05, 0.1) is 7.11 Å². The number of nitrogens with one attached hydrogen (secondary N) is 2. The van der Waals surface area contributed by atoms with Gasteiger partial charge in [0, 0.05) is 18.7 Å². The van der Waals surface area contributed by atoms with Gasteiger partial charge in [0.15, 0.2) is 5.11 Å². The molecule has 0 heterocycles. The molecule has 1 aromatic rings. The molecule has 0 radical (unpaired) electrons. The molecule has 0 spiro atoms. The number of methoxy groups -OCH3 is 1. The maximum Gasteiger partial charge on any atom is 0.305 e. The first-order valence-electron chi connectivity index (χ1n) is 5.90. The maximum atomic E-state index is 13.3. The molecule has 0 atom stereocenters. The second-order valence-electron chi connectivity index (χ2n) is 4.02. The highest BCUT2D eigenvalue weighted by molar-refractivity contribution is 7.80. The third kappa shape index (κ3) is 5.65. The van der Waals surface area contributed by atoms with Gasteiger partial charge in [0.2, 0.25) is 0 Å². The summed E-state index contributed by atoms with van der Waals surface area (Å²) in [7, 11) is 1.36. The zero-order valence-corrected chi connectivity index (χ0v) is 11.8. The number of halogens is 1. The second kappa shape index (κ2) is 7.68. The van der Waals surface area contributed by atoms with Crippen molar-refractivity contribution in [2.24, 2.45) is 0 Å². The Morgan fingerprint density at radius 2 is 2.21 bits per heavy atom. The van der Waals surface area contributed by atoms with Crippen molar-refractivity contribution in [3.8, 4) is 0 Å². The van der Waals surface area contributed by atoms with Crippen LogP contribution in [0.2, 0.25) is 0 Å². The number of carbonyl (C=O) groups is 1. The van der Waals surface area contributed by atoms with Crippen molar-refractivity contribution in [3.63, 3.8) is 0 Å². The molecule has 0 aliphatic heterocycles. The molecule has 4 nitrogen and oxygen atoms in total. The van der Waals surface area contributed by atoms with Crippen LogP contribution >= 0.6 is 12.2 Å². The highest BCUT2D eigenvalue weighted by Crippen LogP contribution is 2.13. The molecule has 0 unspecified atom stereocenters. The Bertz CT molecular complexity index is 466. The number of anilines is 1. The molecule has 6 heteroatoms. The molecular weight excluding hydrogens is 267 g/mol. The Morgan fingerprint density at radius 1 is 1.47 bits per heavy atom. The van der Waals surface area contributed by atoms with Crippen molar-refractivity contribution < 1.29 is 13.9 Å². The molecule has 2 N–H and O–H groups in total. The summed E-state index contributed by atoms with van der Waals surface area (Å²) in [6, 6.07) is 4.82. The lowest BCUT2D eigenvalue weighted by atomic mass is 10.2. The minimum Gasteiger partial charge on any atom is -0.469 e. The van der Waals surface area contributed by atoms with Crippen LogP contribution in [-0.2, 0) is 9.53 Å². The van der Waals surface area contributed by atoms with E-state index in [0.717, 1.165) is 0 Å². The lowest BCUT2D eigenvalue weighted by Crippen LogP contribution is -2.29. The standard InChI is InChI=1S/C13H17FN2O2S/c1-9-5-6-10(8-11(9)14)16-13(19)15-7-3-4-12(17)18-2/h5-6,8H,3-4,7H2,1-2H3,(H2,15,16,19). The summed E-state index contributed by atoms with van der Waals surface area (Å²) in [5.41, 5.74) is 1.18. The minimum absolute atomic E-state index is 0.249. The third-order valence-electron chi connectivity index (χ3n) is 2.50. The van der Waals surface area contributed by atoms with E-state index >= 15 is 0 Å². The molecule has 1 rings (SSSR count). The predicted molar refractivity (Wildman–Crippen MR) is 76.6 cm³/mol. The number of rotatable bonds is 5. The lowest BCUT2D eigenvalue weighted by Gasteiger charge is -2.10. The van der Waals surface area contributed by atoms with E-state index in [1.54, 1.807) is 19.1 Å². The summed E-state index contributed by atoms with van der Waals surface area (Å²) in [6.45, 7) is 2.25. The normalized spacial score (nSPS) is 9.84. The first-order valence-corrected chi connectivity index (χ1v) is 6.31. The van der Waals surface area contributed by atoms with Crippen LogP contribution in [-0.4, -0.2) is 24.7 Å². The monoisotopic (exact) mass is 284 g/mol. The van der Waals surface area contributed by atoms with Crippen molar-refractivity contribution in [1.29, 1.82) is 0 Å². The fraction of sp³-hybridized carbons (Fsp3) is 0.385. The first-order chi connectivity index (χ1) is 9.02.